The van der Waals surface area contributed by atoms with E-state index in [4.69, 9.17) is 5.11 Å². The topological polar surface area (TPSA) is 57.6 Å². The monoisotopic (exact) mass is 197 g/mol. The predicted octanol–water partition coefficient (Wildman–Crippen LogP) is 0.886. The summed E-state index contributed by atoms with van der Waals surface area (Å²) >= 11 is 0. The lowest BCUT2D eigenvalue weighted by Crippen LogP contribution is -2.42. The zero-order chi connectivity index (χ0) is 10.6. The van der Waals surface area contributed by atoms with Crippen molar-refractivity contribution >= 4 is 11.9 Å². The standard InChI is InChI=1S/C10H15NO3/c1-2-3-6-11-7-8(10(13)14)4-5-9(11)12/h2-3,8H,4-7H2,1H3,(H,13,14). The normalized spacial score (nSPS) is 23.1. The van der Waals surface area contributed by atoms with Crippen molar-refractivity contribution in [1.82, 2.24) is 4.90 Å². The van der Waals surface area contributed by atoms with Gasteiger partial charge in [0.2, 0.25) is 5.91 Å². The maximum absolute atomic E-state index is 11.4. The zero-order valence-electron chi connectivity index (χ0n) is 8.27. The maximum atomic E-state index is 11.4. The van der Waals surface area contributed by atoms with Gasteiger partial charge in [-0.1, -0.05) is 12.2 Å². The quantitative estimate of drug-likeness (QED) is 0.683. The number of rotatable bonds is 3. The molecule has 1 saturated heterocycles. The molecule has 1 rings (SSSR count). The molecule has 1 atom stereocenters. The summed E-state index contributed by atoms with van der Waals surface area (Å²) in [4.78, 5) is 23.7. The van der Waals surface area contributed by atoms with Crippen LogP contribution in [0.2, 0.25) is 0 Å². The summed E-state index contributed by atoms with van der Waals surface area (Å²) in [5.74, 6) is -1.14. The van der Waals surface area contributed by atoms with E-state index in [2.05, 4.69) is 0 Å². The number of nitrogens with zero attached hydrogens (tertiary/aromatic N) is 1. The van der Waals surface area contributed by atoms with Crippen molar-refractivity contribution in [2.24, 2.45) is 5.92 Å². The molecule has 1 heterocycles. The Balaban J connectivity index is 2.55. The number of carboxylic acids is 1. The number of aliphatic carboxylic acids is 1. The predicted molar refractivity (Wildman–Crippen MR) is 51.8 cm³/mol. The van der Waals surface area contributed by atoms with E-state index in [-0.39, 0.29) is 5.91 Å². The van der Waals surface area contributed by atoms with Crippen molar-refractivity contribution in [3.8, 4) is 0 Å². The lowest BCUT2D eigenvalue weighted by atomic mass is 9.98. The van der Waals surface area contributed by atoms with Gasteiger partial charge in [-0.05, 0) is 13.3 Å². The van der Waals surface area contributed by atoms with E-state index in [9.17, 15) is 9.59 Å². The van der Waals surface area contributed by atoms with Gasteiger partial charge < -0.3 is 10.0 Å². The van der Waals surface area contributed by atoms with Crippen LogP contribution >= 0.6 is 0 Å². The van der Waals surface area contributed by atoms with Gasteiger partial charge in [0.25, 0.3) is 0 Å². The molecule has 0 aromatic rings. The van der Waals surface area contributed by atoms with Crippen LogP contribution in [0, 0.1) is 5.92 Å². The van der Waals surface area contributed by atoms with Crippen LogP contribution in [0.15, 0.2) is 12.2 Å². The van der Waals surface area contributed by atoms with E-state index in [0.29, 0.717) is 25.9 Å². The smallest absolute Gasteiger partial charge is 0.308 e. The Kier molecular flexibility index (Phi) is 3.68. The molecule has 0 aromatic carbocycles. The highest BCUT2D eigenvalue weighted by molar-refractivity contribution is 5.80. The van der Waals surface area contributed by atoms with Crippen LogP contribution in [-0.4, -0.2) is 35.0 Å². The Bertz CT molecular complexity index is 260. The number of carbonyl (C=O) groups is 2. The Hall–Kier alpha value is -1.32. The minimum absolute atomic E-state index is 0.0561. The molecule has 4 nitrogen and oxygen atoms in total. The summed E-state index contributed by atoms with van der Waals surface area (Å²) in [6, 6.07) is 0. The number of likely N-dealkylation sites (tertiary alicyclic amines) is 1. The van der Waals surface area contributed by atoms with E-state index in [1.165, 1.54) is 0 Å². The highest BCUT2D eigenvalue weighted by Gasteiger charge is 2.29. The third-order valence-corrected chi connectivity index (χ3v) is 2.41. The summed E-state index contributed by atoms with van der Waals surface area (Å²) in [7, 11) is 0. The lowest BCUT2D eigenvalue weighted by molar-refractivity contribution is -0.147. The molecular weight excluding hydrogens is 182 g/mol. The molecule has 1 fully saturated rings. The third-order valence-electron chi connectivity index (χ3n) is 2.41. The highest BCUT2D eigenvalue weighted by Crippen LogP contribution is 2.17. The molecule has 0 saturated carbocycles. The molecule has 1 aliphatic heterocycles. The average molecular weight is 197 g/mol. The van der Waals surface area contributed by atoms with Gasteiger partial charge in [0.1, 0.15) is 0 Å². The second-order valence-electron chi connectivity index (χ2n) is 3.44. The van der Waals surface area contributed by atoms with E-state index < -0.39 is 11.9 Å². The highest BCUT2D eigenvalue weighted by atomic mass is 16.4. The van der Waals surface area contributed by atoms with Gasteiger partial charge in [-0.3, -0.25) is 9.59 Å². The first-order valence-electron chi connectivity index (χ1n) is 4.77. The van der Waals surface area contributed by atoms with Crippen molar-refractivity contribution in [3.05, 3.63) is 12.2 Å². The molecule has 1 unspecified atom stereocenters. The first kappa shape index (κ1) is 10.8. The molecule has 0 bridgehead atoms. The zero-order valence-corrected chi connectivity index (χ0v) is 8.27. The largest absolute Gasteiger partial charge is 0.481 e. The van der Waals surface area contributed by atoms with Crippen molar-refractivity contribution < 1.29 is 14.7 Å². The van der Waals surface area contributed by atoms with Crippen LogP contribution in [0.3, 0.4) is 0 Å². The lowest BCUT2D eigenvalue weighted by Gasteiger charge is -2.29. The number of amides is 1. The van der Waals surface area contributed by atoms with Crippen molar-refractivity contribution in [2.75, 3.05) is 13.1 Å². The second-order valence-corrected chi connectivity index (χ2v) is 3.44. The second kappa shape index (κ2) is 4.79. The summed E-state index contributed by atoms with van der Waals surface area (Å²) in [6.07, 6.45) is 4.55. The molecule has 1 aliphatic rings. The Labute approximate surface area is 83.2 Å². The van der Waals surface area contributed by atoms with Crippen molar-refractivity contribution in [1.29, 1.82) is 0 Å². The van der Waals surface area contributed by atoms with Crippen molar-refractivity contribution in [2.45, 2.75) is 19.8 Å². The average Bonchev–Trinajstić information content (AvgIpc) is 2.16. The molecule has 0 radical (unpaired) electrons. The molecule has 78 valence electrons. The molecule has 1 N–H and O–H groups in total. The van der Waals surface area contributed by atoms with Crippen molar-refractivity contribution in [3.63, 3.8) is 0 Å². The van der Waals surface area contributed by atoms with E-state index in [1.807, 2.05) is 19.1 Å². The van der Waals surface area contributed by atoms with Crippen LogP contribution in [0.4, 0.5) is 0 Å². The van der Waals surface area contributed by atoms with Gasteiger partial charge >= 0.3 is 5.97 Å². The molecule has 0 aliphatic carbocycles. The summed E-state index contributed by atoms with van der Waals surface area (Å²) < 4.78 is 0. The first-order chi connectivity index (χ1) is 6.65. The van der Waals surface area contributed by atoms with E-state index in [0.717, 1.165) is 0 Å². The van der Waals surface area contributed by atoms with Crippen LogP contribution in [0.25, 0.3) is 0 Å². The number of allylic oxidation sites excluding steroid dienone is 1. The molecule has 0 aromatic heterocycles. The number of carboxylic acid groups (broad SMARTS) is 1. The summed E-state index contributed by atoms with van der Waals surface area (Å²) in [5.41, 5.74) is 0. The van der Waals surface area contributed by atoms with Crippen LogP contribution in [-0.2, 0) is 9.59 Å². The first-order valence-corrected chi connectivity index (χ1v) is 4.77. The summed E-state index contributed by atoms with van der Waals surface area (Å²) in [5, 5.41) is 8.81. The van der Waals surface area contributed by atoms with Gasteiger partial charge in [-0.2, -0.15) is 0 Å². The van der Waals surface area contributed by atoms with Gasteiger partial charge in [0.05, 0.1) is 5.92 Å². The van der Waals surface area contributed by atoms with Crippen LogP contribution in [0.5, 0.6) is 0 Å². The fraction of sp³-hybridized carbons (Fsp3) is 0.600. The number of piperidine rings is 1. The van der Waals surface area contributed by atoms with Gasteiger partial charge in [0, 0.05) is 19.5 Å². The minimum atomic E-state index is -0.803. The van der Waals surface area contributed by atoms with Gasteiger partial charge in [-0.25, -0.2) is 0 Å². The van der Waals surface area contributed by atoms with Crippen LogP contribution in [0.1, 0.15) is 19.8 Å². The SMILES string of the molecule is CC=CCN1CC(C(=O)O)CCC1=O. The minimum Gasteiger partial charge on any atom is -0.481 e. The number of hydrogen-bond acceptors (Lipinski definition) is 2. The Morgan fingerprint density at radius 1 is 1.71 bits per heavy atom. The fourth-order valence-corrected chi connectivity index (χ4v) is 1.53. The molecule has 4 heteroatoms. The number of hydrogen-bond donors (Lipinski definition) is 1. The van der Waals surface area contributed by atoms with E-state index in [1.54, 1.807) is 4.90 Å². The van der Waals surface area contributed by atoms with Gasteiger partial charge in [-0.15, -0.1) is 0 Å². The molecule has 0 spiro atoms. The number of carbonyl (C=O) groups excluding carboxylic acids is 1. The molecular formula is C10H15NO3. The molecule has 14 heavy (non-hydrogen) atoms. The Morgan fingerprint density at radius 3 is 3.00 bits per heavy atom. The Morgan fingerprint density at radius 2 is 2.43 bits per heavy atom. The third kappa shape index (κ3) is 2.58. The van der Waals surface area contributed by atoms with Crippen LogP contribution < -0.4 is 0 Å². The molecule has 1 amide bonds. The maximum Gasteiger partial charge on any atom is 0.308 e. The van der Waals surface area contributed by atoms with Gasteiger partial charge in [0.15, 0.2) is 0 Å². The fourth-order valence-electron chi connectivity index (χ4n) is 1.53. The summed E-state index contributed by atoms with van der Waals surface area (Å²) in [6.45, 7) is 2.75. The van der Waals surface area contributed by atoms with E-state index >= 15 is 0 Å².